The smallest absolute Gasteiger partial charge is 0.405 e. The van der Waals surface area contributed by atoms with E-state index in [1.54, 1.807) is 0 Å². The fourth-order valence-corrected chi connectivity index (χ4v) is 2.67. The molecule has 0 bridgehead atoms. The van der Waals surface area contributed by atoms with Crippen molar-refractivity contribution in [2.24, 2.45) is 0 Å². The Bertz CT molecular complexity index is 536. The number of halogens is 4. The third-order valence-corrected chi connectivity index (χ3v) is 3.74. The van der Waals surface area contributed by atoms with E-state index in [-0.39, 0.29) is 10.5 Å². The quantitative estimate of drug-likeness (QED) is 0.801. The van der Waals surface area contributed by atoms with Crippen molar-refractivity contribution in [1.29, 1.82) is 0 Å². The molecule has 2 nitrogen and oxygen atoms in total. The Morgan fingerprint density at radius 2 is 2.00 bits per heavy atom. The van der Waals surface area contributed by atoms with Gasteiger partial charge in [-0.25, -0.2) is 9.18 Å². The van der Waals surface area contributed by atoms with Crippen LogP contribution in [0.4, 0.5) is 17.6 Å². The first-order valence-electron chi connectivity index (χ1n) is 4.77. The Morgan fingerprint density at radius 1 is 1.33 bits per heavy atom. The van der Waals surface area contributed by atoms with E-state index < -0.39 is 28.8 Å². The lowest BCUT2D eigenvalue weighted by molar-refractivity contribution is -0.140. The Kier molecular flexibility index (Phi) is 3.10. The lowest BCUT2D eigenvalue weighted by Gasteiger charge is -2.25. The minimum atomic E-state index is -4.67. The first-order chi connectivity index (χ1) is 8.29. The van der Waals surface area contributed by atoms with Crippen molar-refractivity contribution in [3.05, 3.63) is 35.2 Å². The maximum atomic E-state index is 12.9. The Labute approximate surface area is 103 Å². The molecule has 1 N–H and O–H groups in total. The van der Waals surface area contributed by atoms with E-state index in [1.807, 2.05) is 0 Å². The minimum Gasteiger partial charge on any atom is -0.478 e. The van der Waals surface area contributed by atoms with E-state index in [0.717, 1.165) is 18.2 Å². The van der Waals surface area contributed by atoms with Crippen molar-refractivity contribution in [2.75, 3.05) is 0 Å². The zero-order chi connectivity index (χ0) is 13.5. The van der Waals surface area contributed by atoms with Crippen LogP contribution in [-0.2, 0) is 4.79 Å². The Morgan fingerprint density at radius 3 is 2.56 bits per heavy atom. The van der Waals surface area contributed by atoms with Crippen LogP contribution in [0.15, 0.2) is 28.7 Å². The van der Waals surface area contributed by atoms with Gasteiger partial charge in [0.2, 0.25) is 0 Å². The highest BCUT2D eigenvalue weighted by atomic mass is 32.2. The van der Waals surface area contributed by atoms with E-state index in [4.69, 9.17) is 5.11 Å². The van der Waals surface area contributed by atoms with Crippen LogP contribution in [0.5, 0.6) is 0 Å². The topological polar surface area (TPSA) is 37.3 Å². The van der Waals surface area contributed by atoms with E-state index in [2.05, 4.69) is 0 Å². The zero-order valence-electron chi connectivity index (χ0n) is 8.66. The lowest BCUT2D eigenvalue weighted by atomic mass is 10.1. The van der Waals surface area contributed by atoms with E-state index in [9.17, 15) is 22.4 Å². The minimum absolute atomic E-state index is 0.151. The molecule has 0 aliphatic carbocycles. The molecule has 7 heteroatoms. The Balaban J connectivity index is 2.53. The Hall–Kier alpha value is -1.50. The van der Waals surface area contributed by atoms with Gasteiger partial charge in [-0.15, -0.1) is 11.8 Å². The summed E-state index contributed by atoms with van der Waals surface area (Å²) >= 11 is 0.368. The number of hydrogen-bond donors (Lipinski definition) is 1. The van der Waals surface area contributed by atoms with Crippen LogP contribution in [0.25, 0.3) is 6.08 Å². The number of thioether (sulfide) groups is 1. The molecule has 0 radical (unpaired) electrons. The van der Waals surface area contributed by atoms with Crippen molar-refractivity contribution >= 4 is 23.8 Å². The molecule has 0 amide bonds. The van der Waals surface area contributed by atoms with Gasteiger partial charge in [0.1, 0.15) is 11.1 Å². The normalized spacial score (nSPS) is 19.1. The molecule has 1 aromatic carbocycles. The molecule has 96 valence electrons. The second-order valence-corrected chi connectivity index (χ2v) is 4.77. The summed E-state index contributed by atoms with van der Waals surface area (Å²) in [5.41, 5.74) is -0.636. The molecule has 1 heterocycles. The number of aliphatic carboxylic acids is 1. The van der Waals surface area contributed by atoms with Crippen molar-refractivity contribution in [2.45, 2.75) is 16.3 Å². The second-order valence-electron chi connectivity index (χ2n) is 3.63. The predicted molar refractivity (Wildman–Crippen MR) is 57.7 cm³/mol. The summed E-state index contributed by atoms with van der Waals surface area (Å²) in [5.74, 6) is -2.28. The molecule has 0 fully saturated rings. The molecule has 1 unspecified atom stereocenters. The summed E-state index contributed by atoms with van der Waals surface area (Å²) in [7, 11) is 0. The maximum absolute atomic E-state index is 12.9. The van der Waals surface area contributed by atoms with Gasteiger partial charge in [0.05, 0.1) is 5.57 Å². The van der Waals surface area contributed by atoms with Gasteiger partial charge in [-0.3, -0.25) is 0 Å². The van der Waals surface area contributed by atoms with Gasteiger partial charge in [0, 0.05) is 4.90 Å². The molecular formula is C11H6F4O2S. The van der Waals surface area contributed by atoms with Gasteiger partial charge in [0.25, 0.3) is 0 Å². The fourth-order valence-electron chi connectivity index (χ4n) is 1.59. The van der Waals surface area contributed by atoms with Crippen LogP contribution in [0.1, 0.15) is 5.56 Å². The van der Waals surface area contributed by atoms with Gasteiger partial charge < -0.3 is 5.11 Å². The molecule has 0 spiro atoms. The van der Waals surface area contributed by atoms with Crippen LogP contribution in [-0.4, -0.2) is 22.5 Å². The van der Waals surface area contributed by atoms with Crippen molar-refractivity contribution in [3.63, 3.8) is 0 Å². The number of benzene rings is 1. The summed E-state index contributed by atoms with van der Waals surface area (Å²) in [6.45, 7) is 0. The van der Waals surface area contributed by atoms with E-state index >= 15 is 0 Å². The number of fused-ring (bicyclic) bond motifs is 1. The third kappa shape index (κ3) is 2.35. The maximum Gasteiger partial charge on any atom is 0.405 e. The molecule has 1 atom stereocenters. The first kappa shape index (κ1) is 12.9. The highest BCUT2D eigenvalue weighted by Gasteiger charge is 2.46. The predicted octanol–water partition coefficient (Wildman–Crippen LogP) is 3.33. The van der Waals surface area contributed by atoms with Gasteiger partial charge in [0.15, 0.2) is 0 Å². The SMILES string of the molecule is O=C(O)C1=Cc2cc(F)ccc2SC1C(F)(F)F. The average Bonchev–Trinajstić information content (AvgIpc) is 2.25. The van der Waals surface area contributed by atoms with Gasteiger partial charge in [-0.05, 0) is 29.8 Å². The number of alkyl halides is 3. The van der Waals surface area contributed by atoms with Gasteiger partial charge in [-0.1, -0.05) is 0 Å². The molecule has 1 aliphatic heterocycles. The molecule has 0 aromatic heterocycles. The molecule has 0 saturated heterocycles. The van der Waals surface area contributed by atoms with Crippen LogP contribution < -0.4 is 0 Å². The van der Waals surface area contributed by atoms with Crippen molar-refractivity contribution in [3.8, 4) is 0 Å². The summed E-state index contributed by atoms with van der Waals surface area (Å²) in [6.07, 6.45) is -3.80. The average molecular weight is 278 g/mol. The number of carboxylic acid groups (broad SMARTS) is 1. The van der Waals surface area contributed by atoms with Crippen LogP contribution in [0, 0.1) is 5.82 Å². The van der Waals surface area contributed by atoms with Crippen molar-refractivity contribution in [1.82, 2.24) is 0 Å². The standard InChI is InChI=1S/C11H6F4O2S/c12-6-1-2-8-5(3-6)4-7(10(16)17)9(18-8)11(13,14)15/h1-4,9H,(H,16,17). The van der Waals surface area contributed by atoms with E-state index in [1.165, 1.54) is 6.07 Å². The summed E-state index contributed by atoms with van der Waals surface area (Å²) < 4.78 is 51.1. The second kappa shape index (κ2) is 4.31. The van der Waals surface area contributed by atoms with Gasteiger partial charge in [-0.2, -0.15) is 13.2 Å². The number of rotatable bonds is 1. The molecule has 1 aliphatic rings. The number of hydrogen-bond acceptors (Lipinski definition) is 2. The summed E-state index contributed by atoms with van der Waals surface area (Å²) in [5, 5.41) is 6.66. The van der Waals surface area contributed by atoms with E-state index in [0.29, 0.717) is 11.8 Å². The molecule has 2 rings (SSSR count). The molecule has 18 heavy (non-hydrogen) atoms. The van der Waals surface area contributed by atoms with Crippen LogP contribution in [0.2, 0.25) is 0 Å². The lowest BCUT2D eigenvalue weighted by Crippen LogP contribution is -2.32. The van der Waals surface area contributed by atoms with Crippen molar-refractivity contribution < 1.29 is 27.5 Å². The monoisotopic (exact) mass is 278 g/mol. The highest BCUT2D eigenvalue weighted by Crippen LogP contribution is 2.45. The fraction of sp³-hybridized carbons (Fsp3) is 0.182. The molecular weight excluding hydrogens is 272 g/mol. The number of carboxylic acids is 1. The number of carbonyl (C=O) groups is 1. The zero-order valence-corrected chi connectivity index (χ0v) is 9.48. The molecule has 1 aromatic rings. The molecule has 0 saturated carbocycles. The largest absolute Gasteiger partial charge is 0.478 e. The van der Waals surface area contributed by atoms with Gasteiger partial charge >= 0.3 is 12.1 Å². The highest BCUT2D eigenvalue weighted by molar-refractivity contribution is 8.00. The third-order valence-electron chi connectivity index (χ3n) is 2.35. The first-order valence-corrected chi connectivity index (χ1v) is 5.65. The summed E-state index contributed by atoms with van der Waals surface area (Å²) in [6, 6.07) is 3.26. The van der Waals surface area contributed by atoms with Crippen LogP contribution >= 0.6 is 11.8 Å². The summed E-state index contributed by atoms with van der Waals surface area (Å²) in [4.78, 5) is 11.0. The van der Waals surface area contributed by atoms with Crippen LogP contribution in [0.3, 0.4) is 0 Å².